The van der Waals surface area contributed by atoms with Crippen LogP contribution in [-0.4, -0.2) is 29.7 Å². The molecule has 0 aromatic heterocycles. The van der Waals surface area contributed by atoms with Gasteiger partial charge in [-0.05, 0) is 43.7 Å². The molecule has 0 amide bonds. The summed E-state index contributed by atoms with van der Waals surface area (Å²) < 4.78 is 37.4. The quantitative estimate of drug-likeness (QED) is 0.794. The van der Waals surface area contributed by atoms with Crippen molar-refractivity contribution in [1.82, 2.24) is 5.32 Å². The minimum Gasteiger partial charge on any atom is -0.496 e. The Morgan fingerprint density at radius 3 is 1.92 bits per heavy atom. The predicted octanol–water partition coefficient (Wildman–Crippen LogP) is 3.83. The van der Waals surface area contributed by atoms with Gasteiger partial charge in [-0.1, -0.05) is 31.5 Å². The molecule has 0 saturated carbocycles. The minimum absolute atomic E-state index is 0.175. The van der Waals surface area contributed by atoms with Gasteiger partial charge in [0.25, 0.3) is 0 Å². The molecule has 0 aliphatic rings. The first kappa shape index (κ1) is 20.3. The van der Waals surface area contributed by atoms with Gasteiger partial charge >= 0.3 is 0 Å². The van der Waals surface area contributed by atoms with Crippen LogP contribution in [0.1, 0.15) is 41.8 Å². The molecule has 0 fully saturated rings. The van der Waals surface area contributed by atoms with E-state index in [1.807, 2.05) is 26.8 Å². The third-order valence-corrected chi connectivity index (χ3v) is 6.45. The van der Waals surface area contributed by atoms with Crippen LogP contribution < -0.4 is 14.8 Å². The third kappa shape index (κ3) is 3.86. The number of hydrogen-bond acceptors (Lipinski definition) is 5. The molecule has 1 atom stereocenters. The van der Waals surface area contributed by atoms with Crippen LogP contribution in [0.5, 0.6) is 11.5 Å². The molecule has 2 aromatic carbocycles. The van der Waals surface area contributed by atoms with Crippen molar-refractivity contribution in [1.29, 1.82) is 0 Å². The van der Waals surface area contributed by atoms with Crippen LogP contribution in [0.2, 0.25) is 0 Å². The maximum atomic E-state index is 13.2. The van der Waals surface area contributed by atoms with E-state index in [0.717, 1.165) is 11.1 Å². The molecule has 0 heterocycles. The first-order valence-electron chi connectivity index (χ1n) is 8.49. The Morgan fingerprint density at radius 1 is 0.923 bits per heavy atom. The minimum atomic E-state index is -3.65. The number of benzene rings is 2. The van der Waals surface area contributed by atoms with Crippen LogP contribution in [0.3, 0.4) is 0 Å². The highest BCUT2D eigenvalue weighted by Crippen LogP contribution is 2.39. The number of ether oxygens (including phenoxy) is 2. The predicted molar refractivity (Wildman–Crippen MR) is 104 cm³/mol. The zero-order valence-corrected chi connectivity index (χ0v) is 17.0. The van der Waals surface area contributed by atoms with Gasteiger partial charge in [0.2, 0.25) is 0 Å². The molecule has 0 aliphatic carbocycles. The highest BCUT2D eigenvalue weighted by atomic mass is 32.2. The fraction of sp³-hybridized carbons (Fsp3) is 0.400. The van der Waals surface area contributed by atoms with Crippen LogP contribution in [0.15, 0.2) is 41.3 Å². The summed E-state index contributed by atoms with van der Waals surface area (Å²) in [5, 5.41) is 2.01. The van der Waals surface area contributed by atoms with E-state index in [-0.39, 0.29) is 10.8 Å². The molecule has 0 bridgehead atoms. The maximum absolute atomic E-state index is 13.2. The summed E-state index contributed by atoms with van der Waals surface area (Å²) in [5.74, 6) is 1.33. The molecule has 0 radical (unpaired) electrons. The van der Waals surface area contributed by atoms with Gasteiger partial charge in [-0.25, -0.2) is 8.42 Å². The Bertz CT molecular complexity index is 858. The fourth-order valence-electron chi connectivity index (χ4n) is 2.95. The first-order chi connectivity index (χ1) is 12.3. The van der Waals surface area contributed by atoms with E-state index in [0.29, 0.717) is 17.1 Å². The lowest BCUT2D eigenvalue weighted by Gasteiger charge is -2.23. The molecule has 0 saturated heterocycles. The number of rotatable bonds is 7. The van der Waals surface area contributed by atoms with Crippen LogP contribution in [-0.2, 0) is 9.84 Å². The van der Waals surface area contributed by atoms with Crippen molar-refractivity contribution in [2.24, 2.45) is 0 Å². The van der Waals surface area contributed by atoms with Crippen molar-refractivity contribution in [3.8, 4) is 11.5 Å². The van der Waals surface area contributed by atoms with E-state index < -0.39 is 15.2 Å². The van der Waals surface area contributed by atoms with Crippen LogP contribution in [0.25, 0.3) is 0 Å². The number of sulfone groups is 1. The number of methoxy groups -OCH3 is 2. The van der Waals surface area contributed by atoms with Crippen molar-refractivity contribution in [2.45, 2.75) is 37.0 Å². The monoisotopic (exact) mass is 377 g/mol. The van der Waals surface area contributed by atoms with Gasteiger partial charge < -0.3 is 14.8 Å². The Morgan fingerprint density at radius 2 is 1.46 bits per heavy atom. The zero-order valence-electron chi connectivity index (χ0n) is 16.2. The SMILES string of the molecule is CNC(c1cc(C(C)C)c(OC)cc1OC)S(=O)(=O)c1ccc(C)cc1. The van der Waals surface area contributed by atoms with Crippen molar-refractivity contribution in [3.63, 3.8) is 0 Å². The summed E-state index contributed by atoms with van der Waals surface area (Å²) >= 11 is 0. The standard InChI is InChI=1S/C20H27NO4S/c1-13(2)16-11-17(19(25-6)12-18(16)24-5)20(21-4)26(22,23)15-9-7-14(3)8-10-15/h7-13,20-21H,1-6H3. The number of nitrogens with one attached hydrogen (secondary N) is 1. The highest BCUT2D eigenvalue weighted by molar-refractivity contribution is 7.91. The molecule has 0 aliphatic heterocycles. The van der Waals surface area contributed by atoms with Crippen molar-refractivity contribution in [3.05, 3.63) is 53.1 Å². The average Bonchev–Trinajstić information content (AvgIpc) is 2.61. The van der Waals surface area contributed by atoms with Crippen molar-refractivity contribution < 1.29 is 17.9 Å². The van der Waals surface area contributed by atoms with Gasteiger partial charge in [-0.15, -0.1) is 0 Å². The molecule has 0 spiro atoms. The van der Waals surface area contributed by atoms with E-state index in [2.05, 4.69) is 5.32 Å². The van der Waals surface area contributed by atoms with Crippen LogP contribution >= 0.6 is 0 Å². The van der Waals surface area contributed by atoms with E-state index in [9.17, 15) is 8.42 Å². The van der Waals surface area contributed by atoms with Gasteiger partial charge in [0.05, 0.1) is 19.1 Å². The van der Waals surface area contributed by atoms with Gasteiger partial charge in [0.15, 0.2) is 9.84 Å². The molecular formula is C20H27NO4S. The number of aryl methyl sites for hydroxylation is 1. The van der Waals surface area contributed by atoms with E-state index in [4.69, 9.17) is 9.47 Å². The summed E-state index contributed by atoms with van der Waals surface area (Å²) in [6.07, 6.45) is 0. The molecule has 142 valence electrons. The van der Waals surface area contributed by atoms with Crippen molar-refractivity contribution in [2.75, 3.05) is 21.3 Å². The highest BCUT2D eigenvalue weighted by Gasteiger charge is 2.31. The number of hydrogen-bond donors (Lipinski definition) is 1. The smallest absolute Gasteiger partial charge is 0.198 e. The first-order valence-corrected chi connectivity index (χ1v) is 10.0. The van der Waals surface area contributed by atoms with E-state index in [1.54, 1.807) is 44.5 Å². The second-order valence-electron chi connectivity index (χ2n) is 6.52. The largest absolute Gasteiger partial charge is 0.496 e. The van der Waals surface area contributed by atoms with Crippen LogP contribution in [0.4, 0.5) is 0 Å². The van der Waals surface area contributed by atoms with Crippen LogP contribution in [0, 0.1) is 6.92 Å². The molecule has 5 nitrogen and oxygen atoms in total. The Hall–Kier alpha value is -2.05. The maximum Gasteiger partial charge on any atom is 0.198 e. The molecule has 2 rings (SSSR count). The third-order valence-electron chi connectivity index (χ3n) is 4.41. The summed E-state index contributed by atoms with van der Waals surface area (Å²) in [6.45, 7) is 6.00. The molecule has 1 N–H and O–H groups in total. The van der Waals surface area contributed by atoms with E-state index in [1.165, 1.54) is 7.11 Å². The summed E-state index contributed by atoms with van der Waals surface area (Å²) in [5.41, 5.74) is 2.51. The molecule has 26 heavy (non-hydrogen) atoms. The normalized spacial score (nSPS) is 12.9. The van der Waals surface area contributed by atoms with Gasteiger partial charge in [-0.3, -0.25) is 0 Å². The van der Waals surface area contributed by atoms with Gasteiger partial charge in [0, 0.05) is 11.6 Å². The molecule has 1 unspecified atom stereocenters. The summed E-state index contributed by atoms with van der Waals surface area (Å²) in [7, 11) is 1.11. The Kier molecular flexibility index (Phi) is 6.31. The lowest BCUT2D eigenvalue weighted by molar-refractivity contribution is 0.385. The Labute approximate surface area is 156 Å². The molecular weight excluding hydrogens is 350 g/mol. The summed E-state index contributed by atoms with van der Waals surface area (Å²) in [4.78, 5) is 0.270. The second-order valence-corrected chi connectivity index (χ2v) is 8.55. The lowest BCUT2D eigenvalue weighted by Crippen LogP contribution is -2.26. The zero-order chi connectivity index (χ0) is 19.5. The van der Waals surface area contributed by atoms with Gasteiger partial charge in [-0.2, -0.15) is 0 Å². The topological polar surface area (TPSA) is 64.6 Å². The van der Waals surface area contributed by atoms with Crippen molar-refractivity contribution >= 4 is 9.84 Å². The lowest BCUT2D eigenvalue weighted by atomic mass is 9.98. The Balaban J connectivity index is 2.65. The average molecular weight is 378 g/mol. The fourth-order valence-corrected chi connectivity index (χ4v) is 4.56. The molecule has 2 aromatic rings. The summed E-state index contributed by atoms with van der Waals surface area (Å²) in [6, 6.07) is 10.5. The van der Waals surface area contributed by atoms with Gasteiger partial charge in [0.1, 0.15) is 16.9 Å². The van der Waals surface area contributed by atoms with E-state index >= 15 is 0 Å². The second kappa shape index (κ2) is 8.10. The molecule has 6 heteroatoms.